The van der Waals surface area contributed by atoms with Crippen LogP contribution in [-0.4, -0.2) is 36.5 Å². The first kappa shape index (κ1) is 13.7. The lowest BCUT2D eigenvalue weighted by molar-refractivity contribution is 0.0939. The maximum atomic E-state index is 12.0. The van der Waals surface area contributed by atoms with Crippen molar-refractivity contribution in [1.29, 1.82) is 0 Å². The summed E-state index contributed by atoms with van der Waals surface area (Å²) in [6.45, 7) is 2.74. The third kappa shape index (κ3) is 3.61. The average Bonchev–Trinajstić information content (AvgIpc) is 3.17. The zero-order valence-electron chi connectivity index (χ0n) is 11.5. The van der Waals surface area contributed by atoms with Crippen molar-refractivity contribution in [3.63, 3.8) is 0 Å². The van der Waals surface area contributed by atoms with Crippen molar-refractivity contribution in [2.45, 2.75) is 31.8 Å². The number of nitrogens with one attached hydrogen (secondary N) is 1. The standard InChI is InChI=1S/C14H22N4O/c1-9(18(2)13-3-4-13)8-17-14(19)10-5-11(15)7-12(16)6-10/h5-7,9,13H,3-4,8,15-16H2,1-2H3,(H,17,19). The van der Waals surface area contributed by atoms with Crippen LogP contribution in [0.25, 0.3) is 0 Å². The lowest BCUT2D eigenvalue weighted by Crippen LogP contribution is -2.41. The number of benzene rings is 1. The molecule has 19 heavy (non-hydrogen) atoms. The van der Waals surface area contributed by atoms with Crippen LogP contribution in [0.3, 0.4) is 0 Å². The van der Waals surface area contributed by atoms with Crippen LogP contribution in [0.4, 0.5) is 11.4 Å². The minimum absolute atomic E-state index is 0.130. The minimum Gasteiger partial charge on any atom is -0.399 e. The lowest BCUT2D eigenvalue weighted by atomic mass is 10.1. The van der Waals surface area contributed by atoms with Gasteiger partial charge in [0.05, 0.1) is 0 Å². The number of hydrogen-bond acceptors (Lipinski definition) is 4. The number of likely N-dealkylation sites (N-methyl/N-ethyl adjacent to an activating group) is 1. The van der Waals surface area contributed by atoms with E-state index in [-0.39, 0.29) is 5.91 Å². The summed E-state index contributed by atoms with van der Waals surface area (Å²) in [5.41, 5.74) is 12.9. The number of nitrogens with zero attached hydrogens (tertiary/aromatic N) is 1. The molecule has 1 atom stereocenters. The molecule has 1 aromatic rings. The second-order valence-electron chi connectivity index (χ2n) is 5.34. The molecule has 1 amide bonds. The molecular formula is C14H22N4O. The topological polar surface area (TPSA) is 84.4 Å². The number of hydrogen-bond donors (Lipinski definition) is 3. The summed E-state index contributed by atoms with van der Waals surface area (Å²) < 4.78 is 0. The third-order valence-electron chi connectivity index (χ3n) is 3.62. The van der Waals surface area contributed by atoms with Crippen molar-refractivity contribution in [3.8, 4) is 0 Å². The Morgan fingerprint density at radius 3 is 2.47 bits per heavy atom. The highest BCUT2D eigenvalue weighted by atomic mass is 16.1. The van der Waals surface area contributed by atoms with Gasteiger partial charge in [-0.3, -0.25) is 9.69 Å². The minimum atomic E-state index is -0.130. The van der Waals surface area contributed by atoms with Gasteiger partial charge in [0.25, 0.3) is 5.91 Å². The SMILES string of the molecule is CC(CNC(=O)c1cc(N)cc(N)c1)N(C)C1CC1. The van der Waals surface area contributed by atoms with Crippen LogP contribution in [0.2, 0.25) is 0 Å². The average molecular weight is 262 g/mol. The van der Waals surface area contributed by atoms with E-state index in [9.17, 15) is 4.79 Å². The molecule has 104 valence electrons. The smallest absolute Gasteiger partial charge is 0.251 e. The molecule has 5 heteroatoms. The van der Waals surface area contributed by atoms with E-state index in [0.29, 0.717) is 35.6 Å². The number of amides is 1. The lowest BCUT2D eigenvalue weighted by Gasteiger charge is -2.24. The molecule has 1 aromatic carbocycles. The van der Waals surface area contributed by atoms with Gasteiger partial charge in [-0.1, -0.05) is 0 Å². The van der Waals surface area contributed by atoms with E-state index in [1.54, 1.807) is 18.2 Å². The zero-order chi connectivity index (χ0) is 14.0. The Morgan fingerprint density at radius 1 is 1.37 bits per heavy atom. The summed E-state index contributed by atoms with van der Waals surface area (Å²) in [5.74, 6) is -0.130. The van der Waals surface area contributed by atoms with E-state index in [0.717, 1.165) is 0 Å². The molecule has 0 heterocycles. The van der Waals surface area contributed by atoms with E-state index in [4.69, 9.17) is 11.5 Å². The van der Waals surface area contributed by atoms with Gasteiger partial charge in [0.2, 0.25) is 0 Å². The highest BCUT2D eigenvalue weighted by Crippen LogP contribution is 2.26. The van der Waals surface area contributed by atoms with Gasteiger partial charge in [-0.05, 0) is 45.0 Å². The molecule has 0 bridgehead atoms. The van der Waals surface area contributed by atoms with Crippen molar-refractivity contribution in [2.75, 3.05) is 25.1 Å². The summed E-state index contributed by atoms with van der Waals surface area (Å²) in [6.07, 6.45) is 2.53. The Balaban J connectivity index is 1.89. The Labute approximate surface area is 113 Å². The van der Waals surface area contributed by atoms with E-state index in [1.165, 1.54) is 12.8 Å². The van der Waals surface area contributed by atoms with Gasteiger partial charge in [0, 0.05) is 35.6 Å². The number of rotatable bonds is 5. The number of carbonyl (C=O) groups excluding carboxylic acids is 1. The van der Waals surface area contributed by atoms with Gasteiger partial charge in [0.1, 0.15) is 0 Å². The van der Waals surface area contributed by atoms with Crippen LogP contribution in [0.5, 0.6) is 0 Å². The monoisotopic (exact) mass is 262 g/mol. The fourth-order valence-corrected chi connectivity index (χ4v) is 2.14. The van der Waals surface area contributed by atoms with Crippen LogP contribution in [0, 0.1) is 0 Å². The molecule has 5 nitrogen and oxygen atoms in total. The van der Waals surface area contributed by atoms with Crippen molar-refractivity contribution in [1.82, 2.24) is 10.2 Å². The largest absolute Gasteiger partial charge is 0.399 e. The van der Waals surface area contributed by atoms with E-state index in [2.05, 4.69) is 24.2 Å². The van der Waals surface area contributed by atoms with Crippen molar-refractivity contribution < 1.29 is 4.79 Å². The van der Waals surface area contributed by atoms with Crippen LogP contribution >= 0.6 is 0 Å². The molecule has 1 saturated carbocycles. The van der Waals surface area contributed by atoms with Crippen LogP contribution < -0.4 is 16.8 Å². The summed E-state index contributed by atoms with van der Waals surface area (Å²) >= 11 is 0. The van der Waals surface area contributed by atoms with Gasteiger partial charge in [0.15, 0.2) is 0 Å². The van der Waals surface area contributed by atoms with Gasteiger partial charge in [-0.2, -0.15) is 0 Å². The molecule has 0 aromatic heterocycles. The van der Waals surface area contributed by atoms with Crippen molar-refractivity contribution in [2.24, 2.45) is 0 Å². The second-order valence-corrected chi connectivity index (χ2v) is 5.34. The molecule has 0 saturated heterocycles. The summed E-state index contributed by atoms with van der Waals surface area (Å²) in [4.78, 5) is 14.3. The van der Waals surface area contributed by atoms with Gasteiger partial charge in [-0.15, -0.1) is 0 Å². The first-order valence-electron chi connectivity index (χ1n) is 6.63. The van der Waals surface area contributed by atoms with Gasteiger partial charge in [-0.25, -0.2) is 0 Å². The molecule has 1 aliphatic rings. The number of nitrogens with two attached hydrogens (primary N) is 2. The molecule has 1 unspecified atom stereocenters. The van der Waals surface area contributed by atoms with Crippen molar-refractivity contribution >= 4 is 17.3 Å². The zero-order valence-corrected chi connectivity index (χ0v) is 11.5. The van der Waals surface area contributed by atoms with E-state index < -0.39 is 0 Å². The molecule has 0 spiro atoms. The fraction of sp³-hybridized carbons (Fsp3) is 0.500. The molecule has 5 N–H and O–H groups in total. The van der Waals surface area contributed by atoms with Gasteiger partial charge < -0.3 is 16.8 Å². The molecule has 1 aliphatic carbocycles. The number of anilines is 2. The third-order valence-corrected chi connectivity index (χ3v) is 3.62. The normalized spacial score (nSPS) is 16.4. The number of nitrogen functional groups attached to an aromatic ring is 2. The molecule has 0 radical (unpaired) electrons. The van der Waals surface area contributed by atoms with Gasteiger partial charge >= 0.3 is 0 Å². The molecule has 1 fully saturated rings. The quantitative estimate of drug-likeness (QED) is 0.693. The Morgan fingerprint density at radius 2 is 1.95 bits per heavy atom. The molecule has 2 rings (SSSR count). The maximum Gasteiger partial charge on any atom is 0.251 e. The molecule has 0 aliphatic heterocycles. The Kier molecular flexibility index (Phi) is 3.95. The predicted octanol–water partition coefficient (Wildman–Crippen LogP) is 1.06. The summed E-state index contributed by atoms with van der Waals surface area (Å²) in [5, 5.41) is 2.92. The van der Waals surface area contributed by atoms with E-state index in [1.807, 2.05) is 0 Å². The predicted molar refractivity (Wildman–Crippen MR) is 77.8 cm³/mol. The number of carbonyl (C=O) groups is 1. The first-order chi connectivity index (χ1) is 8.97. The summed E-state index contributed by atoms with van der Waals surface area (Å²) in [6, 6.07) is 5.94. The highest BCUT2D eigenvalue weighted by molar-refractivity contribution is 5.96. The molecular weight excluding hydrogens is 240 g/mol. The highest BCUT2D eigenvalue weighted by Gasteiger charge is 2.29. The Hall–Kier alpha value is -1.75. The van der Waals surface area contributed by atoms with E-state index >= 15 is 0 Å². The van der Waals surface area contributed by atoms with Crippen LogP contribution in [0.15, 0.2) is 18.2 Å². The van der Waals surface area contributed by atoms with Crippen molar-refractivity contribution in [3.05, 3.63) is 23.8 Å². The summed E-state index contributed by atoms with van der Waals surface area (Å²) in [7, 11) is 2.10. The fourth-order valence-electron chi connectivity index (χ4n) is 2.14. The second kappa shape index (κ2) is 5.48. The van der Waals surface area contributed by atoms with Crippen LogP contribution in [0.1, 0.15) is 30.1 Å². The van der Waals surface area contributed by atoms with Crippen LogP contribution in [-0.2, 0) is 0 Å². The maximum absolute atomic E-state index is 12.0. The Bertz CT molecular complexity index is 450. The first-order valence-corrected chi connectivity index (χ1v) is 6.63.